The Bertz CT molecular complexity index is 142. The van der Waals surface area contributed by atoms with Crippen molar-refractivity contribution < 1.29 is 9.53 Å². The molecule has 0 amide bonds. The van der Waals surface area contributed by atoms with Gasteiger partial charge >= 0.3 is 5.97 Å². The number of esters is 1. The molecule has 0 bridgehead atoms. The molecule has 0 unspecified atom stereocenters. The fraction of sp³-hybridized carbons (Fsp3) is 0.875. The van der Waals surface area contributed by atoms with Gasteiger partial charge in [0.05, 0.1) is 5.92 Å². The molecule has 1 rings (SSSR count). The number of carbonyl (C=O) groups excluding carboxylic acids is 1. The molecule has 1 aliphatic rings. The third-order valence-corrected chi connectivity index (χ3v) is 2.42. The van der Waals surface area contributed by atoms with Crippen molar-refractivity contribution in [2.24, 2.45) is 11.8 Å². The van der Waals surface area contributed by atoms with Crippen molar-refractivity contribution in [3.63, 3.8) is 0 Å². The van der Waals surface area contributed by atoms with Gasteiger partial charge in [-0.05, 0) is 13.3 Å². The molecular formula is C8H14O2. The summed E-state index contributed by atoms with van der Waals surface area (Å²) in [5, 5.41) is 0. The van der Waals surface area contributed by atoms with Crippen LogP contribution in [0.4, 0.5) is 0 Å². The molecule has 0 aromatic rings. The van der Waals surface area contributed by atoms with E-state index in [2.05, 4.69) is 6.92 Å². The summed E-state index contributed by atoms with van der Waals surface area (Å²) in [4.78, 5) is 11.0. The highest BCUT2D eigenvalue weighted by molar-refractivity contribution is 5.75. The van der Waals surface area contributed by atoms with Crippen LogP contribution in [-0.2, 0) is 9.53 Å². The van der Waals surface area contributed by atoms with E-state index in [-0.39, 0.29) is 18.0 Å². The predicted octanol–water partition coefficient (Wildman–Crippen LogP) is 1.59. The Morgan fingerprint density at radius 2 is 2.10 bits per heavy atom. The van der Waals surface area contributed by atoms with Gasteiger partial charge in [0.25, 0.3) is 0 Å². The SMILES string of the molecule is CC[C@@H]1C(=O)O[C@H](C)[C@@H]1C. The Kier molecular flexibility index (Phi) is 1.97. The molecule has 1 saturated heterocycles. The van der Waals surface area contributed by atoms with Crippen LogP contribution in [0.2, 0.25) is 0 Å². The second kappa shape index (κ2) is 2.60. The lowest BCUT2D eigenvalue weighted by atomic mass is 9.91. The van der Waals surface area contributed by atoms with Crippen molar-refractivity contribution in [1.82, 2.24) is 0 Å². The minimum Gasteiger partial charge on any atom is -0.462 e. The van der Waals surface area contributed by atoms with Crippen molar-refractivity contribution in [1.29, 1.82) is 0 Å². The number of cyclic esters (lactones) is 1. The average Bonchev–Trinajstić information content (AvgIpc) is 2.09. The summed E-state index contributed by atoms with van der Waals surface area (Å²) >= 11 is 0. The van der Waals surface area contributed by atoms with Crippen LogP contribution in [0.3, 0.4) is 0 Å². The molecule has 10 heavy (non-hydrogen) atoms. The summed E-state index contributed by atoms with van der Waals surface area (Å²) in [5.41, 5.74) is 0. The van der Waals surface area contributed by atoms with Crippen LogP contribution in [0.25, 0.3) is 0 Å². The van der Waals surface area contributed by atoms with E-state index in [0.717, 1.165) is 6.42 Å². The lowest BCUT2D eigenvalue weighted by molar-refractivity contribution is -0.143. The molecule has 1 aliphatic heterocycles. The molecule has 0 aromatic carbocycles. The van der Waals surface area contributed by atoms with Crippen LogP contribution < -0.4 is 0 Å². The highest BCUT2D eigenvalue weighted by Gasteiger charge is 2.37. The molecule has 0 N–H and O–H groups in total. The van der Waals surface area contributed by atoms with Gasteiger partial charge in [-0.2, -0.15) is 0 Å². The van der Waals surface area contributed by atoms with Gasteiger partial charge in [-0.1, -0.05) is 13.8 Å². The summed E-state index contributed by atoms with van der Waals surface area (Å²) in [6, 6.07) is 0. The first-order chi connectivity index (χ1) is 4.66. The van der Waals surface area contributed by atoms with Gasteiger partial charge in [-0.15, -0.1) is 0 Å². The van der Waals surface area contributed by atoms with Gasteiger partial charge in [0.2, 0.25) is 0 Å². The van der Waals surface area contributed by atoms with Crippen molar-refractivity contribution in [2.45, 2.75) is 33.3 Å². The number of hydrogen-bond donors (Lipinski definition) is 0. The smallest absolute Gasteiger partial charge is 0.309 e. The molecule has 3 atom stereocenters. The normalized spacial score (nSPS) is 39.9. The van der Waals surface area contributed by atoms with E-state index in [1.807, 2.05) is 13.8 Å². The minimum absolute atomic E-state index is 0.0116. The molecule has 2 heteroatoms. The Balaban J connectivity index is 2.64. The van der Waals surface area contributed by atoms with E-state index in [1.165, 1.54) is 0 Å². The van der Waals surface area contributed by atoms with Gasteiger partial charge < -0.3 is 4.74 Å². The first kappa shape index (κ1) is 7.58. The van der Waals surface area contributed by atoms with Gasteiger partial charge in [0.15, 0.2) is 0 Å². The van der Waals surface area contributed by atoms with Gasteiger partial charge in [0, 0.05) is 5.92 Å². The Morgan fingerprint density at radius 1 is 1.50 bits per heavy atom. The van der Waals surface area contributed by atoms with Crippen LogP contribution in [0.5, 0.6) is 0 Å². The van der Waals surface area contributed by atoms with Gasteiger partial charge in [-0.25, -0.2) is 0 Å². The number of ether oxygens (including phenoxy) is 1. The van der Waals surface area contributed by atoms with E-state index >= 15 is 0 Å². The number of hydrogen-bond acceptors (Lipinski definition) is 2. The second-order valence-electron chi connectivity index (χ2n) is 3.02. The average molecular weight is 142 g/mol. The van der Waals surface area contributed by atoms with Crippen LogP contribution in [0, 0.1) is 11.8 Å². The zero-order chi connectivity index (χ0) is 7.72. The van der Waals surface area contributed by atoms with E-state index in [1.54, 1.807) is 0 Å². The molecule has 1 heterocycles. The van der Waals surface area contributed by atoms with E-state index in [0.29, 0.717) is 5.92 Å². The maximum Gasteiger partial charge on any atom is 0.309 e. The van der Waals surface area contributed by atoms with Crippen molar-refractivity contribution in [3.05, 3.63) is 0 Å². The van der Waals surface area contributed by atoms with Crippen LogP contribution >= 0.6 is 0 Å². The fourth-order valence-electron chi connectivity index (χ4n) is 1.46. The predicted molar refractivity (Wildman–Crippen MR) is 38.5 cm³/mol. The summed E-state index contributed by atoms with van der Waals surface area (Å²) < 4.78 is 5.04. The maximum absolute atomic E-state index is 11.0. The molecule has 0 aromatic heterocycles. The third kappa shape index (κ3) is 1.02. The molecule has 0 saturated carbocycles. The Hall–Kier alpha value is -0.530. The minimum atomic E-state index is -0.0116. The Morgan fingerprint density at radius 3 is 2.30 bits per heavy atom. The van der Waals surface area contributed by atoms with Gasteiger partial charge in [-0.3, -0.25) is 4.79 Å². The largest absolute Gasteiger partial charge is 0.462 e. The molecule has 1 fully saturated rings. The molecule has 0 radical (unpaired) electrons. The van der Waals surface area contributed by atoms with E-state index < -0.39 is 0 Å². The summed E-state index contributed by atoms with van der Waals surface area (Å²) in [5.74, 6) is 0.537. The maximum atomic E-state index is 11.0. The highest BCUT2D eigenvalue weighted by atomic mass is 16.6. The quantitative estimate of drug-likeness (QED) is 0.520. The topological polar surface area (TPSA) is 26.3 Å². The second-order valence-corrected chi connectivity index (χ2v) is 3.02. The molecule has 58 valence electrons. The zero-order valence-electron chi connectivity index (χ0n) is 6.76. The van der Waals surface area contributed by atoms with Crippen LogP contribution in [0.1, 0.15) is 27.2 Å². The molecule has 2 nitrogen and oxygen atoms in total. The monoisotopic (exact) mass is 142 g/mol. The lowest BCUT2D eigenvalue weighted by Gasteiger charge is -2.09. The summed E-state index contributed by atoms with van der Waals surface area (Å²) in [7, 11) is 0. The number of rotatable bonds is 1. The number of carbonyl (C=O) groups is 1. The zero-order valence-corrected chi connectivity index (χ0v) is 6.76. The fourth-order valence-corrected chi connectivity index (χ4v) is 1.46. The Labute approximate surface area is 61.6 Å². The lowest BCUT2D eigenvalue weighted by Crippen LogP contribution is -2.14. The van der Waals surface area contributed by atoms with Crippen LogP contribution in [-0.4, -0.2) is 12.1 Å². The van der Waals surface area contributed by atoms with E-state index in [9.17, 15) is 4.79 Å². The van der Waals surface area contributed by atoms with Crippen molar-refractivity contribution in [3.8, 4) is 0 Å². The van der Waals surface area contributed by atoms with E-state index in [4.69, 9.17) is 4.74 Å². The third-order valence-electron chi connectivity index (χ3n) is 2.42. The summed E-state index contributed by atoms with van der Waals surface area (Å²) in [6.45, 7) is 6.06. The standard InChI is InChI=1S/C8H14O2/c1-4-7-5(2)6(3)10-8(7)9/h5-7H,4H2,1-3H3/t5-,6+,7-/m0/s1. The first-order valence-corrected chi connectivity index (χ1v) is 3.87. The first-order valence-electron chi connectivity index (χ1n) is 3.87. The molecule has 0 spiro atoms. The van der Waals surface area contributed by atoms with Gasteiger partial charge in [0.1, 0.15) is 6.10 Å². The van der Waals surface area contributed by atoms with Crippen molar-refractivity contribution in [2.75, 3.05) is 0 Å². The summed E-state index contributed by atoms with van der Waals surface area (Å²) in [6.07, 6.45) is 1.03. The van der Waals surface area contributed by atoms with Crippen LogP contribution in [0.15, 0.2) is 0 Å². The van der Waals surface area contributed by atoms with Crippen molar-refractivity contribution >= 4 is 5.97 Å². The highest BCUT2D eigenvalue weighted by Crippen LogP contribution is 2.29. The molecule has 0 aliphatic carbocycles. The molecular weight excluding hydrogens is 128 g/mol.